The molecule has 0 bridgehead atoms. The molecule has 1 saturated heterocycles. The van der Waals surface area contributed by atoms with Gasteiger partial charge in [0.15, 0.2) is 11.3 Å². The molecule has 5 nitrogen and oxygen atoms in total. The maximum absolute atomic E-state index is 13.6. The fraction of sp³-hybridized carbons (Fsp3) is 0.421. The average Bonchev–Trinajstić information content (AvgIpc) is 3.35. The van der Waals surface area contributed by atoms with E-state index in [1.165, 1.54) is 17.5 Å². The predicted octanol–water partition coefficient (Wildman–Crippen LogP) is 4.88. The lowest BCUT2D eigenvalue weighted by Gasteiger charge is -2.35. The van der Waals surface area contributed by atoms with Crippen molar-refractivity contribution in [2.24, 2.45) is 0 Å². The molecule has 1 fully saturated rings. The zero-order chi connectivity index (χ0) is 19.9. The summed E-state index contributed by atoms with van der Waals surface area (Å²) in [5.74, 6) is -0.300. The maximum Gasteiger partial charge on any atom is 0.433 e. The molecule has 1 amide bonds. The van der Waals surface area contributed by atoms with Crippen molar-refractivity contribution >= 4 is 22.9 Å². The van der Waals surface area contributed by atoms with Gasteiger partial charge in [-0.25, -0.2) is 9.50 Å². The van der Waals surface area contributed by atoms with E-state index in [4.69, 9.17) is 0 Å². The molecule has 4 rings (SSSR count). The van der Waals surface area contributed by atoms with Gasteiger partial charge in [-0.15, -0.1) is 11.3 Å². The van der Waals surface area contributed by atoms with Crippen LogP contribution in [0.15, 0.2) is 29.8 Å². The number of hydrogen-bond donors (Lipinski definition) is 0. The molecule has 1 aliphatic heterocycles. The number of alkyl halides is 3. The van der Waals surface area contributed by atoms with E-state index in [1.807, 2.05) is 6.92 Å². The second-order valence-electron chi connectivity index (χ2n) is 6.85. The first-order valence-corrected chi connectivity index (χ1v) is 10.1. The molecule has 0 spiro atoms. The third kappa shape index (κ3) is 3.28. The van der Waals surface area contributed by atoms with Crippen molar-refractivity contribution < 1.29 is 18.0 Å². The Balaban J connectivity index is 1.86. The second-order valence-corrected chi connectivity index (χ2v) is 7.80. The third-order valence-electron chi connectivity index (χ3n) is 5.13. The van der Waals surface area contributed by atoms with Gasteiger partial charge in [-0.1, -0.05) is 13.0 Å². The van der Waals surface area contributed by atoms with Crippen molar-refractivity contribution in [2.45, 2.75) is 44.8 Å². The van der Waals surface area contributed by atoms with Crippen LogP contribution in [0.4, 0.5) is 13.2 Å². The monoisotopic (exact) mass is 408 g/mol. The Bertz CT molecular complexity index is 997. The fourth-order valence-electron chi connectivity index (χ4n) is 3.71. The van der Waals surface area contributed by atoms with Crippen LogP contribution in [0, 0.1) is 0 Å². The molecule has 1 atom stereocenters. The molecule has 3 aromatic heterocycles. The molecule has 0 unspecified atom stereocenters. The molecular weight excluding hydrogens is 389 g/mol. The number of halogens is 3. The van der Waals surface area contributed by atoms with Crippen LogP contribution in [-0.4, -0.2) is 38.0 Å². The summed E-state index contributed by atoms with van der Waals surface area (Å²) in [6, 6.07) is 4.54. The van der Waals surface area contributed by atoms with Crippen molar-refractivity contribution in [2.75, 3.05) is 6.54 Å². The lowest BCUT2D eigenvalue weighted by molar-refractivity contribution is -0.142. The highest BCUT2D eigenvalue weighted by Crippen LogP contribution is 2.34. The lowest BCUT2D eigenvalue weighted by atomic mass is 9.99. The van der Waals surface area contributed by atoms with Gasteiger partial charge in [-0.3, -0.25) is 4.79 Å². The third-order valence-corrected chi connectivity index (χ3v) is 6.02. The van der Waals surface area contributed by atoms with E-state index in [9.17, 15) is 18.0 Å². The van der Waals surface area contributed by atoms with E-state index in [0.717, 1.165) is 36.3 Å². The number of carbonyl (C=O) groups excluding carboxylic acids is 1. The molecule has 0 saturated carbocycles. The fourth-order valence-corrected chi connectivity index (χ4v) is 4.40. The SMILES string of the molecule is CC[C@@H]1CCCCN1C(=O)c1cnn2c(C(F)(F)F)cc(-c3cccs3)nc12. The summed E-state index contributed by atoms with van der Waals surface area (Å²) in [5, 5.41) is 5.64. The first-order valence-electron chi connectivity index (χ1n) is 9.21. The molecule has 1 aliphatic rings. The molecule has 4 heterocycles. The van der Waals surface area contributed by atoms with Crippen molar-refractivity contribution in [1.29, 1.82) is 0 Å². The zero-order valence-electron chi connectivity index (χ0n) is 15.2. The van der Waals surface area contributed by atoms with Crippen LogP contribution in [0.25, 0.3) is 16.2 Å². The van der Waals surface area contributed by atoms with Gasteiger partial charge in [0.25, 0.3) is 5.91 Å². The van der Waals surface area contributed by atoms with Gasteiger partial charge in [-0.2, -0.15) is 18.3 Å². The van der Waals surface area contributed by atoms with Crippen LogP contribution in [0.5, 0.6) is 0 Å². The highest BCUT2D eigenvalue weighted by molar-refractivity contribution is 7.13. The summed E-state index contributed by atoms with van der Waals surface area (Å²) in [7, 11) is 0. The van der Waals surface area contributed by atoms with E-state index in [-0.39, 0.29) is 28.9 Å². The quantitative estimate of drug-likeness (QED) is 0.621. The van der Waals surface area contributed by atoms with Crippen LogP contribution >= 0.6 is 11.3 Å². The number of carbonyl (C=O) groups is 1. The largest absolute Gasteiger partial charge is 0.433 e. The van der Waals surface area contributed by atoms with Gasteiger partial charge in [0.2, 0.25) is 0 Å². The Morgan fingerprint density at radius 2 is 2.18 bits per heavy atom. The standard InChI is InChI=1S/C19H19F3N4OS/c1-2-12-6-3-4-8-25(12)18(27)13-11-23-26-16(19(20,21)22)10-14(24-17(13)26)15-7-5-9-28-15/h5,7,9-12H,2-4,6,8H2,1H3/t12-/m1/s1. The minimum atomic E-state index is -4.61. The van der Waals surface area contributed by atoms with Crippen molar-refractivity contribution in [3.8, 4) is 10.6 Å². The van der Waals surface area contributed by atoms with Crippen molar-refractivity contribution in [3.63, 3.8) is 0 Å². The van der Waals surface area contributed by atoms with Crippen molar-refractivity contribution in [1.82, 2.24) is 19.5 Å². The van der Waals surface area contributed by atoms with Gasteiger partial charge < -0.3 is 4.90 Å². The van der Waals surface area contributed by atoms with Gasteiger partial charge in [0.1, 0.15) is 5.56 Å². The minimum Gasteiger partial charge on any atom is -0.336 e. The molecule has 0 aliphatic carbocycles. The first kappa shape index (κ1) is 18.9. The van der Waals surface area contributed by atoms with Crippen LogP contribution < -0.4 is 0 Å². The Morgan fingerprint density at radius 3 is 2.86 bits per heavy atom. The lowest BCUT2D eigenvalue weighted by Crippen LogP contribution is -2.43. The molecule has 0 radical (unpaired) electrons. The minimum absolute atomic E-state index is 0.0522. The molecule has 9 heteroatoms. The molecular formula is C19H19F3N4OS. The van der Waals surface area contributed by atoms with Gasteiger partial charge >= 0.3 is 6.18 Å². The predicted molar refractivity (Wildman–Crippen MR) is 100 cm³/mol. The Labute approximate surface area is 163 Å². The van der Waals surface area contributed by atoms with E-state index in [2.05, 4.69) is 10.1 Å². The van der Waals surface area contributed by atoms with Gasteiger partial charge in [0.05, 0.1) is 16.8 Å². The smallest absolute Gasteiger partial charge is 0.336 e. The number of piperidine rings is 1. The number of hydrogen-bond acceptors (Lipinski definition) is 4. The van der Waals surface area contributed by atoms with E-state index in [0.29, 0.717) is 11.4 Å². The summed E-state index contributed by atoms with van der Waals surface area (Å²) in [6.45, 7) is 2.62. The normalized spacial score (nSPS) is 18.0. The number of likely N-dealkylation sites (tertiary alicyclic amines) is 1. The molecule has 0 aromatic carbocycles. The Hall–Kier alpha value is -2.42. The molecule has 28 heavy (non-hydrogen) atoms. The van der Waals surface area contributed by atoms with Crippen molar-refractivity contribution in [3.05, 3.63) is 41.0 Å². The van der Waals surface area contributed by atoms with Crippen LogP contribution in [0.2, 0.25) is 0 Å². The summed E-state index contributed by atoms with van der Waals surface area (Å²) in [4.78, 5) is 19.9. The second kappa shape index (κ2) is 7.20. The highest BCUT2D eigenvalue weighted by atomic mass is 32.1. The van der Waals surface area contributed by atoms with Crippen LogP contribution in [-0.2, 0) is 6.18 Å². The van der Waals surface area contributed by atoms with Crippen LogP contribution in [0.3, 0.4) is 0 Å². The Kier molecular flexibility index (Phi) is 4.86. The summed E-state index contributed by atoms with van der Waals surface area (Å²) in [6.07, 6.45) is 0.255. The summed E-state index contributed by atoms with van der Waals surface area (Å²) >= 11 is 1.30. The topological polar surface area (TPSA) is 50.5 Å². The van der Waals surface area contributed by atoms with Gasteiger partial charge in [-0.05, 0) is 43.2 Å². The molecule has 3 aromatic rings. The summed E-state index contributed by atoms with van der Waals surface area (Å²) in [5.41, 5.74) is -0.686. The van der Waals surface area contributed by atoms with Crippen LogP contribution in [0.1, 0.15) is 48.7 Å². The number of aromatic nitrogens is 3. The van der Waals surface area contributed by atoms with E-state index < -0.39 is 11.9 Å². The number of fused-ring (bicyclic) bond motifs is 1. The van der Waals surface area contributed by atoms with E-state index in [1.54, 1.807) is 22.4 Å². The zero-order valence-corrected chi connectivity index (χ0v) is 16.1. The average molecular weight is 408 g/mol. The maximum atomic E-state index is 13.6. The number of thiophene rings is 1. The number of amides is 1. The van der Waals surface area contributed by atoms with E-state index >= 15 is 0 Å². The first-order chi connectivity index (χ1) is 13.4. The summed E-state index contributed by atoms with van der Waals surface area (Å²) < 4.78 is 41.7. The Morgan fingerprint density at radius 1 is 1.36 bits per heavy atom. The number of rotatable bonds is 3. The van der Waals surface area contributed by atoms with Gasteiger partial charge in [0, 0.05) is 12.6 Å². The molecule has 0 N–H and O–H groups in total. The number of nitrogens with zero attached hydrogens (tertiary/aromatic N) is 4. The highest BCUT2D eigenvalue weighted by Gasteiger charge is 2.37. The molecule has 148 valence electrons.